The van der Waals surface area contributed by atoms with E-state index >= 15 is 0 Å². The molecule has 182 valence electrons. The van der Waals surface area contributed by atoms with Crippen LogP contribution in [-0.2, 0) is 33.3 Å². The second kappa shape index (κ2) is 15.6. The summed E-state index contributed by atoms with van der Waals surface area (Å²) < 4.78 is 22.4. The Kier molecular flexibility index (Phi) is 13.6. The first kappa shape index (κ1) is 27.9. The van der Waals surface area contributed by atoms with E-state index in [0.29, 0.717) is 38.8 Å². The topological polar surface area (TPSA) is 137 Å². The number of hydrogen-bond donors (Lipinski definition) is 0. The van der Waals surface area contributed by atoms with E-state index in [1.54, 1.807) is 0 Å². The van der Waals surface area contributed by atoms with Crippen LogP contribution >= 0.6 is 0 Å². The molecule has 0 aromatic rings. The van der Waals surface area contributed by atoms with Crippen molar-refractivity contribution in [2.24, 2.45) is 17.0 Å². The number of nitrogens with zero attached hydrogens (tertiary/aromatic N) is 3. The fourth-order valence-electron chi connectivity index (χ4n) is 3.61. The molecule has 1 rings (SSSR count). The summed E-state index contributed by atoms with van der Waals surface area (Å²) in [6, 6.07) is 0. The fraction of sp³-hybridized carbons (Fsp3) is 0.864. The third-order valence-corrected chi connectivity index (χ3v) is 5.67. The first-order valence-electron chi connectivity index (χ1n) is 11.4. The smallest absolute Gasteiger partial charge is 0.303 e. The van der Waals surface area contributed by atoms with Gasteiger partial charge in [0.1, 0.15) is 12.4 Å². The molecule has 0 amide bonds. The lowest BCUT2D eigenvalue weighted by Crippen LogP contribution is -2.53. The number of Topliss-reactive ketones (excluding diaryl/α,β-unsaturated/α-hetero) is 1. The van der Waals surface area contributed by atoms with Gasteiger partial charge < -0.3 is 18.9 Å². The highest BCUT2D eigenvalue weighted by atomic mass is 16.7. The van der Waals surface area contributed by atoms with Crippen LogP contribution in [-0.4, -0.2) is 56.0 Å². The maximum absolute atomic E-state index is 12.0. The van der Waals surface area contributed by atoms with Gasteiger partial charge in [0.25, 0.3) is 0 Å². The Hall–Kier alpha value is -2.16. The number of ketones is 1. The third kappa shape index (κ3) is 10.9. The molecule has 1 fully saturated rings. The van der Waals surface area contributed by atoms with Crippen molar-refractivity contribution in [2.45, 2.75) is 91.1 Å². The summed E-state index contributed by atoms with van der Waals surface area (Å²) in [6.07, 6.45) is 3.20. The van der Waals surface area contributed by atoms with Crippen LogP contribution in [0.2, 0.25) is 0 Å². The van der Waals surface area contributed by atoms with Crippen molar-refractivity contribution in [1.29, 1.82) is 0 Å². The molecule has 10 heteroatoms. The summed E-state index contributed by atoms with van der Waals surface area (Å²) in [4.78, 5) is 37.4. The quantitative estimate of drug-likeness (QED) is 0.119. The largest absolute Gasteiger partial charge is 0.463 e. The zero-order valence-corrected chi connectivity index (χ0v) is 19.7. The van der Waals surface area contributed by atoms with Gasteiger partial charge in [-0.05, 0) is 37.1 Å². The number of carbonyl (C=O) groups is 3. The van der Waals surface area contributed by atoms with Crippen molar-refractivity contribution in [3.05, 3.63) is 10.4 Å². The summed E-state index contributed by atoms with van der Waals surface area (Å²) in [7, 11) is 0. The van der Waals surface area contributed by atoms with Gasteiger partial charge in [-0.15, -0.1) is 0 Å². The molecule has 0 aromatic heterocycles. The monoisotopic (exact) mass is 455 g/mol. The van der Waals surface area contributed by atoms with Crippen LogP contribution < -0.4 is 0 Å². The standard InChI is InChI=1S/C22H37N3O7/c1-15-16(2)21(31-18(4)27)22(32-20(15)14-30-17(3)26)29-13-9-7-11-19(28)10-6-5-8-12-24-25-23/h15-16,20-22H,5-14H2,1-4H3/t15-,16+,20?,21?,22-/m1/s1. The van der Waals surface area contributed by atoms with Crippen molar-refractivity contribution in [3.8, 4) is 0 Å². The van der Waals surface area contributed by atoms with Gasteiger partial charge in [0, 0.05) is 50.7 Å². The van der Waals surface area contributed by atoms with Gasteiger partial charge in [-0.1, -0.05) is 25.4 Å². The molecule has 2 unspecified atom stereocenters. The van der Waals surface area contributed by atoms with Crippen LogP contribution in [0.4, 0.5) is 0 Å². The van der Waals surface area contributed by atoms with Crippen molar-refractivity contribution < 1.29 is 33.3 Å². The lowest BCUT2D eigenvalue weighted by molar-refractivity contribution is -0.280. The molecule has 0 aromatic carbocycles. The maximum Gasteiger partial charge on any atom is 0.303 e. The normalized spacial score (nSPS) is 24.9. The van der Waals surface area contributed by atoms with Crippen LogP contribution in [0.5, 0.6) is 0 Å². The molecular weight excluding hydrogens is 418 g/mol. The van der Waals surface area contributed by atoms with Crippen LogP contribution in [0.15, 0.2) is 5.11 Å². The third-order valence-electron chi connectivity index (χ3n) is 5.67. The Balaban J connectivity index is 2.40. The van der Waals surface area contributed by atoms with E-state index in [9.17, 15) is 14.4 Å². The zero-order chi connectivity index (χ0) is 23.9. The van der Waals surface area contributed by atoms with Crippen LogP contribution in [0, 0.1) is 11.8 Å². The fourth-order valence-corrected chi connectivity index (χ4v) is 3.61. The van der Waals surface area contributed by atoms with Crippen molar-refractivity contribution in [1.82, 2.24) is 0 Å². The molecule has 0 radical (unpaired) electrons. The van der Waals surface area contributed by atoms with E-state index < -0.39 is 18.4 Å². The molecule has 0 saturated carbocycles. The lowest BCUT2D eigenvalue weighted by Gasteiger charge is -2.43. The predicted molar refractivity (Wildman–Crippen MR) is 116 cm³/mol. The van der Waals surface area contributed by atoms with Crippen molar-refractivity contribution in [3.63, 3.8) is 0 Å². The maximum atomic E-state index is 12.0. The van der Waals surface area contributed by atoms with E-state index in [0.717, 1.165) is 19.3 Å². The summed E-state index contributed by atoms with van der Waals surface area (Å²) >= 11 is 0. The molecule has 1 aliphatic heterocycles. The van der Waals surface area contributed by atoms with E-state index in [2.05, 4.69) is 10.0 Å². The molecule has 0 N–H and O–H groups in total. The summed E-state index contributed by atoms with van der Waals surface area (Å²) in [5.74, 6) is -0.617. The number of carbonyl (C=O) groups excluding carboxylic acids is 3. The second-order valence-corrected chi connectivity index (χ2v) is 8.27. The number of ether oxygens (including phenoxy) is 4. The van der Waals surface area contributed by atoms with Gasteiger partial charge in [0.05, 0.1) is 6.10 Å². The minimum Gasteiger partial charge on any atom is -0.463 e. The Morgan fingerprint density at radius 3 is 2.28 bits per heavy atom. The first-order chi connectivity index (χ1) is 15.3. The molecule has 1 saturated heterocycles. The predicted octanol–water partition coefficient (Wildman–Crippen LogP) is 4.11. The molecule has 32 heavy (non-hydrogen) atoms. The van der Waals surface area contributed by atoms with Crippen LogP contribution in [0.1, 0.15) is 72.6 Å². The highest BCUT2D eigenvalue weighted by Crippen LogP contribution is 2.33. The summed E-state index contributed by atoms with van der Waals surface area (Å²) in [5, 5.41) is 3.47. The molecular formula is C22H37N3O7. The molecule has 5 atom stereocenters. The SMILES string of the molecule is CC(=O)OCC1O[C@@H](OCCCCC(=O)CCCCCN=[N+]=[N-])C(OC(C)=O)[C@@H](C)[C@H]1C. The first-order valence-corrected chi connectivity index (χ1v) is 11.4. The summed E-state index contributed by atoms with van der Waals surface area (Å²) in [6.45, 7) is 7.57. The lowest BCUT2D eigenvalue weighted by atomic mass is 9.83. The van der Waals surface area contributed by atoms with E-state index in [1.165, 1.54) is 13.8 Å². The number of hydrogen-bond acceptors (Lipinski definition) is 8. The highest BCUT2D eigenvalue weighted by Gasteiger charge is 2.44. The number of esters is 2. The minimum atomic E-state index is -0.752. The number of azide groups is 1. The number of rotatable bonds is 15. The minimum absolute atomic E-state index is 0.00266. The van der Waals surface area contributed by atoms with Crippen LogP contribution in [0.3, 0.4) is 0 Å². The van der Waals surface area contributed by atoms with Gasteiger partial charge in [0.2, 0.25) is 0 Å². The molecule has 10 nitrogen and oxygen atoms in total. The van der Waals surface area contributed by atoms with Gasteiger partial charge in [0.15, 0.2) is 12.4 Å². The van der Waals surface area contributed by atoms with Crippen LogP contribution in [0.25, 0.3) is 10.4 Å². The molecule has 0 aliphatic carbocycles. The average Bonchev–Trinajstić information content (AvgIpc) is 2.73. The molecule has 1 aliphatic rings. The van der Waals surface area contributed by atoms with E-state index in [4.69, 9.17) is 24.5 Å². The Bertz CT molecular complexity index is 649. The Morgan fingerprint density at radius 1 is 0.969 bits per heavy atom. The molecule has 0 spiro atoms. The second-order valence-electron chi connectivity index (χ2n) is 8.27. The van der Waals surface area contributed by atoms with Gasteiger partial charge >= 0.3 is 11.9 Å². The van der Waals surface area contributed by atoms with Gasteiger partial charge in [-0.25, -0.2) is 0 Å². The molecule has 0 bridgehead atoms. The van der Waals surface area contributed by atoms with Crippen molar-refractivity contribution >= 4 is 17.7 Å². The molecule has 1 heterocycles. The van der Waals surface area contributed by atoms with E-state index in [1.807, 2.05) is 13.8 Å². The Labute approximate surface area is 189 Å². The van der Waals surface area contributed by atoms with Gasteiger partial charge in [-0.3, -0.25) is 14.4 Å². The van der Waals surface area contributed by atoms with Crippen molar-refractivity contribution in [2.75, 3.05) is 19.8 Å². The average molecular weight is 456 g/mol. The highest BCUT2D eigenvalue weighted by molar-refractivity contribution is 5.78. The number of unbranched alkanes of at least 4 members (excludes halogenated alkanes) is 3. The van der Waals surface area contributed by atoms with Gasteiger partial charge in [-0.2, -0.15) is 0 Å². The Morgan fingerprint density at radius 2 is 1.66 bits per heavy atom. The zero-order valence-electron chi connectivity index (χ0n) is 19.7. The summed E-state index contributed by atoms with van der Waals surface area (Å²) in [5.41, 5.74) is 8.22. The van der Waals surface area contributed by atoms with E-state index in [-0.39, 0.29) is 36.3 Å².